The normalized spacial score (nSPS) is 19.5. The van der Waals surface area contributed by atoms with Crippen molar-refractivity contribution in [3.8, 4) is 0 Å². The molecule has 10 heteroatoms. The number of fused-ring (bicyclic) bond motifs is 1. The average molecular weight is 490 g/mol. The number of primary amides is 1. The summed E-state index contributed by atoms with van der Waals surface area (Å²) in [6, 6.07) is 0. The van der Waals surface area contributed by atoms with Crippen LogP contribution < -0.4 is 10.6 Å². The number of carbonyl (C=O) groups excluding carboxylic acids is 1. The molecule has 0 spiro atoms. The Hall–Kier alpha value is -2.75. The number of aliphatic hydroxyl groups is 1. The number of hydrogen-bond donors (Lipinski definition) is 2. The molecule has 30 heavy (non-hydrogen) atoms. The minimum Gasteiger partial charge on any atom is -0.389 e. The van der Waals surface area contributed by atoms with E-state index in [1.807, 2.05) is 24.0 Å². The van der Waals surface area contributed by atoms with Gasteiger partial charge in [-0.05, 0) is 41.1 Å². The smallest absolute Gasteiger partial charge is 0.255 e. The molecule has 0 radical (unpaired) electrons. The number of β-amino-alcohol motifs (C(OH)–C–C–N with tert-alkyl or cyclic N) is 1. The van der Waals surface area contributed by atoms with E-state index >= 15 is 0 Å². The van der Waals surface area contributed by atoms with Crippen molar-refractivity contribution < 1.29 is 9.90 Å². The monoisotopic (exact) mass is 488 g/mol. The van der Waals surface area contributed by atoms with Crippen LogP contribution in [-0.4, -0.2) is 50.5 Å². The number of aliphatic imine (C=N–C) groups is 1. The van der Waals surface area contributed by atoms with Crippen LogP contribution in [0.1, 0.15) is 21.6 Å². The lowest BCUT2D eigenvalue weighted by molar-refractivity contribution is 0.100. The van der Waals surface area contributed by atoms with Gasteiger partial charge in [-0.25, -0.2) is 4.98 Å². The summed E-state index contributed by atoms with van der Waals surface area (Å²) in [6.45, 7) is 6.38. The van der Waals surface area contributed by atoms with Crippen molar-refractivity contribution in [3.05, 3.63) is 63.0 Å². The predicted molar refractivity (Wildman–Crippen MR) is 121 cm³/mol. The van der Waals surface area contributed by atoms with Crippen LogP contribution in [0.4, 0.5) is 5.82 Å². The second kappa shape index (κ2) is 7.82. The van der Waals surface area contributed by atoms with Gasteiger partial charge in [0.1, 0.15) is 16.0 Å². The van der Waals surface area contributed by atoms with Crippen molar-refractivity contribution in [3.63, 3.8) is 0 Å². The van der Waals surface area contributed by atoms with Crippen molar-refractivity contribution in [2.45, 2.75) is 13.0 Å². The lowest BCUT2D eigenvalue weighted by Crippen LogP contribution is -2.52. The fourth-order valence-corrected chi connectivity index (χ4v) is 4.14. The number of rotatable bonds is 4. The van der Waals surface area contributed by atoms with Crippen LogP contribution in [0.25, 0.3) is 11.7 Å². The molecule has 0 aromatic carbocycles. The number of hydrogen-bond acceptors (Lipinski definition) is 6. The molecule has 3 N–H and O–H groups in total. The number of nitrogens with zero attached hydrogens (tertiary/aromatic N) is 5. The highest BCUT2D eigenvalue weighted by molar-refractivity contribution is 9.10. The summed E-state index contributed by atoms with van der Waals surface area (Å²) < 4.78 is 1.89. The zero-order valence-corrected chi connectivity index (χ0v) is 18.4. The molecule has 8 nitrogen and oxygen atoms in total. The summed E-state index contributed by atoms with van der Waals surface area (Å²) in [5, 5.41) is 14.9. The van der Waals surface area contributed by atoms with Gasteiger partial charge in [-0.15, -0.1) is 0 Å². The molecule has 2 aromatic rings. The van der Waals surface area contributed by atoms with Gasteiger partial charge in [0.15, 0.2) is 5.65 Å². The lowest BCUT2D eigenvalue weighted by Gasteiger charge is -2.38. The molecule has 154 valence electrons. The van der Waals surface area contributed by atoms with Gasteiger partial charge in [-0.2, -0.15) is 9.61 Å². The number of halogens is 2. The molecule has 2 aromatic heterocycles. The quantitative estimate of drug-likeness (QED) is 0.686. The molecule has 0 unspecified atom stereocenters. The Morgan fingerprint density at radius 1 is 1.47 bits per heavy atom. The highest BCUT2D eigenvalue weighted by atomic mass is 79.9. The largest absolute Gasteiger partial charge is 0.389 e. The maximum Gasteiger partial charge on any atom is 0.255 e. The number of aryl methyl sites for hydroxylation is 1. The highest BCUT2D eigenvalue weighted by Crippen LogP contribution is 2.33. The molecule has 1 fully saturated rings. The number of allylic oxidation sites excluding steroid dienone is 5. The highest BCUT2D eigenvalue weighted by Gasteiger charge is 2.31. The van der Waals surface area contributed by atoms with Crippen LogP contribution in [0.5, 0.6) is 0 Å². The van der Waals surface area contributed by atoms with E-state index in [2.05, 4.69) is 37.6 Å². The van der Waals surface area contributed by atoms with Gasteiger partial charge in [0, 0.05) is 35.5 Å². The van der Waals surface area contributed by atoms with Crippen LogP contribution in [0.2, 0.25) is 0 Å². The molecular weight excluding hydrogens is 472 g/mol. The number of amides is 1. The molecule has 3 heterocycles. The third-order valence-corrected chi connectivity index (χ3v) is 5.64. The van der Waals surface area contributed by atoms with Crippen molar-refractivity contribution in [2.24, 2.45) is 10.7 Å². The standard InChI is InChI=1S/C20H18BrClN6O2/c1-3-24-15-7-12(22)5-4-11(15)6-14-10(2)25-19-16(18(23)30)17(21)26-28(19)20(14)27-8-13(29)9-27/h3-7,13,29H,1,8-9H2,2H3,(H2,23,30)/b11-6+,24-15?. The maximum atomic E-state index is 12.0. The number of aromatic nitrogens is 3. The van der Waals surface area contributed by atoms with Crippen LogP contribution in [0.3, 0.4) is 0 Å². The minimum absolute atomic E-state index is 0.209. The van der Waals surface area contributed by atoms with Gasteiger partial charge in [-0.1, -0.05) is 24.3 Å². The van der Waals surface area contributed by atoms with Crippen molar-refractivity contribution in [1.82, 2.24) is 14.6 Å². The van der Waals surface area contributed by atoms with Gasteiger partial charge in [0.25, 0.3) is 5.91 Å². The van der Waals surface area contributed by atoms with Crippen LogP contribution in [0.15, 0.2) is 51.2 Å². The first-order chi connectivity index (χ1) is 14.3. The molecule has 2 aliphatic rings. The summed E-state index contributed by atoms with van der Waals surface area (Å²) in [7, 11) is 0. The van der Waals surface area contributed by atoms with Crippen LogP contribution in [-0.2, 0) is 0 Å². The van der Waals surface area contributed by atoms with E-state index < -0.39 is 12.0 Å². The summed E-state index contributed by atoms with van der Waals surface area (Å²) in [5.41, 5.74) is 9.03. The van der Waals surface area contributed by atoms with Crippen molar-refractivity contribution >= 4 is 56.7 Å². The first-order valence-corrected chi connectivity index (χ1v) is 10.2. The maximum absolute atomic E-state index is 12.0. The second-order valence-corrected chi connectivity index (χ2v) is 8.11. The topological polar surface area (TPSA) is 109 Å². The van der Waals surface area contributed by atoms with E-state index in [0.717, 1.165) is 11.1 Å². The molecule has 1 aliphatic carbocycles. The average Bonchev–Trinajstić information content (AvgIpc) is 2.97. The third-order valence-electron chi connectivity index (χ3n) is 4.85. The molecule has 1 aliphatic heterocycles. The lowest BCUT2D eigenvalue weighted by atomic mass is 10.0. The second-order valence-electron chi connectivity index (χ2n) is 6.92. The van der Waals surface area contributed by atoms with Gasteiger partial charge < -0.3 is 15.7 Å². The summed E-state index contributed by atoms with van der Waals surface area (Å²) in [5.74, 6) is 0.0790. The van der Waals surface area contributed by atoms with E-state index in [4.69, 9.17) is 17.3 Å². The van der Waals surface area contributed by atoms with Crippen molar-refractivity contribution in [2.75, 3.05) is 18.0 Å². The molecule has 0 bridgehead atoms. The molecule has 0 saturated carbocycles. The first-order valence-electron chi connectivity index (χ1n) is 9.07. The third kappa shape index (κ3) is 3.49. The molecule has 0 atom stereocenters. The predicted octanol–water partition coefficient (Wildman–Crippen LogP) is 2.74. The fraction of sp³-hybridized carbons (Fsp3) is 0.200. The molecule has 1 saturated heterocycles. The number of carbonyl (C=O) groups is 1. The Morgan fingerprint density at radius 2 is 2.20 bits per heavy atom. The van der Waals surface area contributed by atoms with Gasteiger partial charge >= 0.3 is 0 Å². The number of nitrogens with two attached hydrogens (primary N) is 1. The Bertz CT molecular complexity index is 1200. The Balaban J connectivity index is 1.98. The summed E-state index contributed by atoms with van der Waals surface area (Å²) >= 11 is 9.43. The SMILES string of the molecule is C=CN=C1C=C(Cl)C=C/C1=C\c1c(C)nc2c(C(N)=O)c(Br)nn2c1N1CC(O)C1. The molecular formula is C20H18BrClN6O2. The van der Waals surface area contributed by atoms with Crippen molar-refractivity contribution in [1.29, 1.82) is 0 Å². The Labute approximate surface area is 185 Å². The Morgan fingerprint density at radius 3 is 2.83 bits per heavy atom. The van der Waals surface area contributed by atoms with E-state index in [9.17, 15) is 9.90 Å². The zero-order valence-electron chi connectivity index (χ0n) is 16.0. The molecule has 1 amide bonds. The minimum atomic E-state index is -0.625. The summed E-state index contributed by atoms with van der Waals surface area (Å²) in [6.07, 6.45) is 8.33. The van der Waals surface area contributed by atoms with Gasteiger partial charge in [0.05, 0.1) is 17.5 Å². The van der Waals surface area contributed by atoms with Gasteiger partial charge in [-0.3, -0.25) is 9.79 Å². The van der Waals surface area contributed by atoms with Crippen LogP contribution in [0, 0.1) is 6.92 Å². The van der Waals surface area contributed by atoms with E-state index in [0.29, 0.717) is 45.6 Å². The molecule has 4 rings (SSSR count). The fourth-order valence-electron chi connectivity index (χ4n) is 3.45. The first kappa shape index (κ1) is 20.5. The number of aliphatic hydroxyl groups excluding tert-OH is 1. The van der Waals surface area contributed by atoms with Crippen LogP contribution >= 0.6 is 27.5 Å². The zero-order chi connectivity index (χ0) is 21.6. The summed E-state index contributed by atoms with van der Waals surface area (Å²) in [4.78, 5) is 22.8. The Kier molecular flexibility index (Phi) is 5.35. The van der Waals surface area contributed by atoms with Gasteiger partial charge in [0.2, 0.25) is 0 Å². The van der Waals surface area contributed by atoms with E-state index in [1.165, 1.54) is 6.20 Å². The van der Waals surface area contributed by atoms with E-state index in [1.54, 1.807) is 16.7 Å². The number of anilines is 1. The van der Waals surface area contributed by atoms with E-state index in [-0.39, 0.29) is 5.56 Å².